The molecule has 2 atom stereocenters. The van der Waals surface area contributed by atoms with Gasteiger partial charge in [0.15, 0.2) is 5.90 Å². The Morgan fingerprint density at radius 3 is 2.59 bits per heavy atom. The summed E-state index contributed by atoms with van der Waals surface area (Å²) >= 11 is 6.07. The predicted molar refractivity (Wildman–Crippen MR) is 151 cm³/mol. The molecule has 1 unspecified atom stereocenters. The van der Waals surface area contributed by atoms with Crippen LogP contribution >= 0.6 is 11.6 Å². The lowest BCUT2D eigenvalue weighted by Crippen LogP contribution is -2.43. The molecule has 1 aliphatic rings. The van der Waals surface area contributed by atoms with Crippen molar-refractivity contribution in [2.24, 2.45) is 0 Å². The normalized spacial score (nSPS) is 16.3. The van der Waals surface area contributed by atoms with Crippen LogP contribution < -0.4 is 9.04 Å². The molecular formula is C29H27ClF4N2O4S. The average Bonchev–Trinajstić information content (AvgIpc) is 2.94. The number of halogens is 5. The van der Waals surface area contributed by atoms with Crippen LogP contribution in [0.2, 0.25) is 5.02 Å². The second-order valence-electron chi connectivity index (χ2n) is 9.39. The number of ether oxygens (including phenoxy) is 2. The van der Waals surface area contributed by atoms with Crippen molar-refractivity contribution in [3.8, 4) is 5.75 Å². The molecule has 3 aromatic carbocycles. The van der Waals surface area contributed by atoms with Gasteiger partial charge < -0.3 is 9.47 Å². The molecule has 0 bridgehead atoms. The van der Waals surface area contributed by atoms with Gasteiger partial charge in [-0.3, -0.25) is 9.71 Å². The number of fused-ring (bicyclic) bond motifs is 1. The number of hydrogen-bond donors (Lipinski definition) is 1. The van der Waals surface area contributed by atoms with E-state index in [1.165, 1.54) is 74.7 Å². The molecule has 3 aromatic rings. The Kier molecular flexibility index (Phi) is 8.98. The first kappa shape index (κ1) is 30.4. The average molecular weight is 611 g/mol. The minimum absolute atomic E-state index is 0.0109. The van der Waals surface area contributed by atoms with Crippen LogP contribution in [0, 0.1) is 5.41 Å². The molecule has 0 spiro atoms. The third-order valence-electron chi connectivity index (χ3n) is 6.56. The number of methoxy groups -OCH3 is 1. The Morgan fingerprint density at radius 1 is 1.17 bits per heavy atom. The van der Waals surface area contributed by atoms with E-state index in [1.807, 2.05) is 0 Å². The van der Waals surface area contributed by atoms with E-state index in [0.29, 0.717) is 5.56 Å². The third-order valence-corrected chi connectivity index (χ3v) is 8.67. The number of hydrogen-bond acceptors (Lipinski definition) is 5. The SMILES string of the molecule is COC(=N)CC[C@H]1CN(S(=O)(=O)c2cccc(C(C)F)c2)c2cc(/C=C/c3c(Cl)cccc3C(F)(F)F)ccc2O1. The summed E-state index contributed by atoms with van der Waals surface area (Å²) in [5.74, 6) is 0.242. The summed E-state index contributed by atoms with van der Waals surface area (Å²) in [6.07, 6.45) is -3.53. The molecule has 0 fully saturated rings. The molecule has 1 N–H and O–H groups in total. The fraction of sp³-hybridized carbons (Fsp3) is 0.276. The Bertz CT molecular complexity index is 1580. The first-order valence-corrected chi connectivity index (χ1v) is 14.4. The first-order valence-electron chi connectivity index (χ1n) is 12.5. The van der Waals surface area contributed by atoms with Crippen LogP contribution in [0.3, 0.4) is 0 Å². The summed E-state index contributed by atoms with van der Waals surface area (Å²) in [6.45, 7) is 1.19. The number of alkyl halides is 4. The number of rotatable bonds is 8. The highest BCUT2D eigenvalue weighted by Gasteiger charge is 2.36. The van der Waals surface area contributed by atoms with Gasteiger partial charge in [-0.05, 0) is 60.9 Å². The van der Waals surface area contributed by atoms with E-state index in [0.717, 1.165) is 10.4 Å². The number of sulfonamides is 1. The number of anilines is 1. The van der Waals surface area contributed by atoms with E-state index in [-0.39, 0.29) is 57.8 Å². The predicted octanol–water partition coefficient (Wildman–Crippen LogP) is 7.92. The molecule has 218 valence electrons. The van der Waals surface area contributed by atoms with Crippen molar-refractivity contribution in [1.82, 2.24) is 0 Å². The van der Waals surface area contributed by atoms with E-state index in [4.69, 9.17) is 26.5 Å². The second kappa shape index (κ2) is 12.1. The lowest BCUT2D eigenvalue weighted by atomic mass is 10.0. The van der Waals surface area contributed by atoms with Gasteiger partial charge >= 0.3 is 6.18 Å². The Morgan fingerprint density at radius 2 is 1.90 bits per heavy atom. The van der Waals surface area contributed by atoms with Gasteiger partial charge in [-0.15, -0.1) is 0 Å². The van der Waals surface area contributed by atoms with Crippen LogP contribution in [0.5, 0.6) is 5.75 Å². The standard InChI is InChI=1S/C29H27ClF4N2O4S/c1-18(31)20-5-3-6-22(16-20)41(37,38)36-17-21(11-14-28(35)39-2)40-27-13-10-19(15-26(27)36)9-12-23-24(29(32,33)34)7-4-8-25(23)30/h3-10,12-13,15-16,18,21,35H,11,14,17H2,1-2H3/b12-9+,35-28?/t18?,21-/m0/s1. The summed E-state index contributed by atoms with van der Waals surface area (Å²) in [6, 6.07) is 13.7. The van der Waals surface area contributed by atoms with Gasteiger partial charge in [0, 0.05) is 17.0 Å². The van der Waals surface area contributed by atoms with E-state index in [1.54, 1.807) is 6.07 Å². The molecule has 1 aliphatic heterocycles. The zero-order chi connectivity index (χ0) is 29.9. The van der Waals surface area contributed by atoms with E-state index < -0.39 is 34.0 Å². The van der Waals surface area contributed by atoms with Crippen molar-refractivity contribution in [3.63, 3.8) is 0 Å². The largest absolute Gasteiger partial charge is 0.486 e. The molecule has 41 heavy (non-hydrogen) atoms. The third kappa shape index (κ3) is 6.84. The van der Waals surface area contributed by atoms with Crippen LogP contribution in [0.15, 0.2) is 65.6 Å². The zero-order valence-electron chi connectivity index (χ0n) is 22.1. The van der Waals surface area contributed by atoms with Gasteiger partial charge in [0.25, 0.3) is 10.0 Å². The van der Waals surface area contributed by atoms with Crippen molar-refractivity contribution in [3.05, 3.63) is 87.9 Å². The maximum Gasteiger partial charge on any atom is 0.417 e. The summed E-state index contributed by atoms with van der Waals surface area (Å²) in [4.78, 5) is -0.123. The summed E-state index contributed by atoms with van der Waals surface area (Å²) < 4.78 is 94.5. The molecule has 0 saturated carbocycles. The summed E-state index contributed by atoms with van der Waals surface area (Å²) in [5.41, 5.74) is -0.372. The first-order chi connectivity index (χ1) is 19.3. The number of benzene rings is 3. The molecule has 0 aliphatic carbocycles. The van der Waals surface area contributed by atoms with Gasteiger partial charge in [0.2, 0.25) is 0 Å². The van der Waals surface area contributed by atoms with Gasteiger partial charge in [0.05, 0.1) is 29.8 Å². The van der Waals surface area contributed by atoms with E-state index in [2.05, 4.69) is 0 Å². The van der Waals surface area contributed by atoms with Gasteiger partial charge in [-0.1, -0.05) is 48.0 Å². The van der Waals surface area contributed by atoms with Crippen LogP contribution in [0.1, 0.15) is 48.2 Å². The number of nitrogens with one attached hydrogen (secondary N) is 1. The van der Waals surface area contributed by atoms with Gasteiger partial charge in [0.1, 0.15) is 18.0 Å². The van der Waals surface area contributed by atoms with Crippen molar-refractivity contribution in [2.45, 2.75) is 43.1 Å². The minimum Gasteiger partial charge on any atom is -0.486 e. The second-order valence-corrected chi connectivity index (χ2v) is 11.7. The van der Waals surface area contributed by atoms with Crippen molar-refractivity contribution < 1.29 is 35.5 Å². The highest BCUT2D eigenvalue weighted by molar-refractivity contribution is 7.92. The highest BCUT2D eigenvalue weighted by atomic mass is 35.5. The molecule has 0 amide bonds. The summed E-state index contributed by atoms with van der Waals surface area (Å²) in [7, 11) is -2.85. The smallest absolute Gasteiger partial charge is 0.417 e. The fourth-order valence-corrected chi connectivity index (χ4v) is 6.18. The molecular weight excluding hydrogens is 584 g/mol. The molecule has 12 heteroatoms. The molecule has 0 radical (unpaired) electrons. The molecule has 0 saturated heterocycles. The lowest BCUT2D eigenvalue weighted by Gasteiger charge is -2.36. The quantitative estimate of drug-likeness (QED) is 0.122. The summed E-state index contributed by atoms with van der Waals surface area (Å²) in [5, 5.41) is 7.66. The maximum absolute atomic E-state index is 14.0. The Hall–Kier alpha value is -3.57. The van der Waals surface area contributed by atoms with Crippen LogP contribution in [0.25, 0.3) is 12.2 Å². The minimum atomic E-state index is -4.63. The van der Waals surface area contributed by atoms with Crippen molar-refractivity contribution >= 4 is 45.4 Å². The number of nitrogens with zero attached hydrogens (tertiary/aromatic N) is 1. The molecule has 4 rings (SSSR count). The fourth-order valence-electron chi connectivity index (χ4n) is 4.39. The van der Waals surface area contributed by atoms with Gasteiger partial charge in [-0.25, -0.2) is 12.8 Å². The van der Waals surface area contributed by atoms with E-state index >= 15 is 0 Å². The molecule has 0 aromatic heterocycles. The Balaban J connectivity index is 1.76. The Labute approximate surface area is 240 Å². The molecule has 1 heterocycles. The monoisotopic (exact) mass is 610 g/mol. The lowest BCUT2D eigenvalue weighted by molar-refractivity contribution is -0.137. The van der Waals surface area contributed by atoms with Crippen molar-refractivity contribution in [1.29, 1.82) is 5.41 Å². The highest BCUT2D eigenvalue weighted by Crippen LogP contribution is 2.40. The van der Waals surface area contributed by atoms with Crippen molar-refractivity contribution in [2.75, 3.05) is 18.0 Å². The van der Waals surface area contributed by atoms with Crippen LogP contribution in [0.4, 0.5) is 23.2 Å². The van der Waals surface area contributed by atoms with Crippen LogP contribution in [-0.2, 0) is 20.9 Å². The maximum atomic E-state index is 14.0. The van der Waals surface area contributed by atoms with E-state index in [9.17, 15) is 26.0 Å². The van der Waals surface area contributed by atoms with Crippen LogP contribution in [-0.4, -0.2) is 34.1 Å². The topological polar surface area (TPSA) is 79.7 Å². The van der Waals surface area contributed by atoms with Gasteiger partial charge in [-0.2, -0.15) is 13.2 Å². The zero-order valence-corrected chi connectivity index (χ0v) is 23.7. The molecule has 6 nitrogen and oxygen atoms in total.